The molecule has 1 saturated carbocycles. The molecule has 0 saturated heterocycles. The molecule has 1 fully saturated rings. The van der Waals surface area contributed by atoms with Crippen molar-refractivity contribution in [2.75, 3.05) is 13.2 Å². The maximum Gasteiger partial charge on any atom is 0.261 e. The quantitative estimate of drug-likeness (QED) is 0.685. The molecule has 1 heterocycles. The molecule has 0 aromatic heterocycles. The fraction of sp³-hybridized carbons (Fsp3) is 0.417. The van der Waals surface area contributed by atoms with E-state index in [4.69, 9.17) is 4.74 Å². The normalized spacial score (nSPS) is 22.1. The van der Waals surface area contributed by atoms with E-state index in [0.717, 1.165) is 25.7 Å². The molecule has 30 heavy (non-hydrogen) atoms. The lowest BCUT2D eigenvalue weighted by atomic mass is 9.88. The van der Waals surface area contributed by atoms with E-state index in [1.54, 1.807) is 24.3 Å². The lowest BCUT2D eigenvalue weighted by molar-refractivity contribution is 0.0621. The van der Waals surface area contributed by atoms with Crippen LogP contribution in [-0.4, -0.2) is 46.2 Å². The number of nitrogens with zero attached hydrogens (tertiary/aromatic N) is 1. The number of fused-ring (bicyclic) bond motifs is 1. The van der Waals surface area contributed by atoms with Crippen LogP contribution < -0.4 is 4.74 Å². The van der Waals surface area contributed by atoms with Gasteiger partial charge >= 0.3 is 0 Å². The molecule has 6 nitrogen and oxygen atoms in total. The van der Waals surface area contributed by atoms with E-state index in [9.17, 15) is 19.8 Å². The molecular weight excluding hydrogens is 382 g/mol. The van der Waals surface area contributed by atoms with Crippen molar-refractivity contribution in [2.24, 2.45) is 5.92 Å². The molecule has 6 heteroatoms. The van der Waals surface area contributed by atoms with Crippen LogP contribution in [0.25, 0.3) is 0 Å². The molecule has 0 unspecified atom stereocenters. The zero-order valence-corrected chi connectivity index (χ0v) is 16.9. The summed E-state index contributed by atoms with van der Waals surface area (Å²) in [5, 5.41) is 20.2. The number of carbonyl (C=O) groups excluding carboxylic acids is 2. The predicted octanol–water partition coefficient (Wildman–Crippen LogP) is 3.34. The van der Waals surface area contributed by atoms with Gasteiger partial charge in [0, 0.05) is 6.54 Å². The van der Waals surface area contributed by atoms with Gasteiger partial charge in [0.15, 0.2) is 0 Å². The van der Waals surface area contributed by atoms with Gasteiger partial charge in [0.2, 0.25) is 0 Å². The molecule has 1 atom stereocenters. The van der Waals surface area contributed by atoms with Crippen molar-refractivity contribution in [3.63, 3.8) is 0 Å². The summed E-state index contributed by atoms with van der Waals surface area (Å²) >= 11 is 0. The molecule has 158 valence electrons. The Balaban J connectivity index is 1.32. The van der Waals surface area contributed by atoms with E-state index in [1.807, 2.05) is 24.3 Å². The highest BCUT2D eigenvalue weighted by Crippen LogP contribution is 2.28. The van der Waals surface area contributed by atoms with Gasteiger partial charge in [0.05, 0.1) is 29.9 Å². The maximum absolute atomic E-state index is 12.5. The minimum atomic E-state index is -0.803. The lowest BCUT2D eigenvalue weighted by Gasteiger charge is -2.25. The van der Waals surface area contributed by atoms with Crippen LogP contribution in [0, 0.1) is 5.92 Å². The van der Waals surface area contributed by atoms with Crippen molar-refractivity contribution in [1.29, 1.82) is 0 Å². The molecule has 2 amide bonds. The van der Waals surface area contributed by atoms with Gasteiger partial charge in [-0.2, -0.15) is 0 Å². The first-order valence-corrected chi connectivity index (χ1v) is 10.6. The number of aliphatic hydroxyl groups excluding tert-OH is 2. The third-order valence-corrected chi connectivity index (χ3v) is 6.05. The van der Waals surface area contributed by atoms with Crippen molar-refractivity contribution in [2.45, 2.75) is 44.3 Å². The number of hydrogen-bond acceptors (Lipinski definition) is 5. The summed E-state index contributed by atoms with van der Waals surface area (Å²) in [4.78, 5) is 26.1. The van der Waals surface area contributed by atoms with Crippen LogP contribution in [0.2, 0.25) is 0 Å². The second-order valence-electron chi connectivity index (χ2n) is 8.17. The average Bonchev–Trinajstić information content (AvgIpc) is 3.02. The van der Waals surface area contributed by atoms with Gasteiger partial charge in [-0.05, 0) is 67.9 Å². The summed E-state index contributed by atoms with van der Waals surface area (Å²) in [7, 11) is 0. The standard InChI is InChI=1S/C24H27NO5/c26-18-10-8-16(9-11-18)15-30-19-5-3-4-17(14-19)22(27)12-13-25-23(28)20-6-1-2-7-21(20)24(25)29/h1-7,14,16,18,22,26-27H,8-13,15H2/t16-,18-,22-/m1/s1. The first-order chi connectivity index (χ1) is 14.5. The Labute approximate surface area is 176 Å². The van der Waals surface area contributed by atoms with Gasteiger partial charge in [0.1, 0.15) is 5.75 Å². The SMILES string of the molecule is O=C1c2ccccc2C(=O)N1CC[C@@H](O)c1cccc(OC[C@H]2CC[C@H](O)CC2)c1. The van der Waals surface area contributed by atoms with E-state index >= 15 is 0 Å². The highest BCUT2D eigenvalue weighted by molar-refractivity contribution is 6.21. The van der Waals surface area contributed by atoms with Crippen LogP contribution in [0.3, 0.4) is 0 Å². The Morgan fingerprint density at radius 2 is 1.63 bits per heavy atom. The van der Waals surface area contributed by atoms with Gasteiger partial charge in [-0.1, -0.05) is 24.3 Å². The number of carbonyl (C=O) groups is 2. The summed E-state index contributed by atoms with van der Waals surface area (Å²) in [5.74, 6) is 0.518. The van der Waals surface area contributed by atoms with E-state index in [2.05, 4.69) is 0 Å². The smallest absolute Gasteiger partial charge is 0.261 e. The monoisotopic (exact) mass is 409 g/mol. The largest absolute Gasteiger partial charge is 0.493 e. The molecule has 0 bridgehead atoms. The molecule has 0 radical (unpaired) electrons. The van der Waals surface area contributed by atoms with E-state index < -0.39 is 6.10 Å². The van der Waals surface area contributed by atoms with Crippen LogP contribution >= 0.6 is 0 Å². The molecule has 2 aliphatic rings. The number of rotatable bonds is 7. The third kappa shape index (κ3) is 4.40. The predicted molar refractivity (Wildman–Crippen MR) is 111 cm³/mol. The van der Waals surface area contributed by atoms with Gasteiger partial charge in [0.25, 0.3) is 11.8 Å². The van der Waals surface area contributed by atoms with Crippen LogP contribution in [-0.2, 0) is 0 Å². The summed E-state index contributed by atoms with van der Waals surface area (Å²) in [6, 6.07) is 14.1. The summed E-state index contributed by atoms with van der Waals surface area (Å²) < 4.78 is 5.91. The Bertz CT molecular complexity index is 884. The number of benzene rings is 2. The second kappa shape index (κ2) is 8.98. The first kappa shape index (κ1) is 20.6. The third-order valence-electron chi connectivity index (χ3n) is 6.05. The van der Waals surface area contributed by atoms with Crippen LogP contribution in [0.5, 0.6) is 5.75 Å². The Kier molecular flexibility index (Phi) is 6.16. The van der Waals surface area contributed by atoms with Gasteiger partial charge in [-0.15, -0.1) is 0 Å². The number of amides is 2. The van der Waals surface area contributed by atoms with Gasteiger partial charge < -0.3 is 14.9 Å². The highest BCUT2D eigenvalue weighted by Gasteiger charge is 2.35. The minimum absolute atomic E-state index is 0.156. The zero-order valence-electron chi connectivity index (χ0n) is 16.9. The Morgan fingerprint density at radius 3 is 2.30 bits per heavy atom. The summed E-state index contributed by atoms with van der Waals surface area (Å²) in [6.45, 7) is 0.754. The zero-order chi connectivity index (χ0) is 21.1. The first-order valence-electron chi connectivity index (χ1n) is 10.6. The molecule has 2 N–H and O–H groups in total. The number of hydrogen-bond donors (Lipinski definition) is 2. The Hall–Kier alpha value is -2.70. The molecule has 4 rings (SSSR count). The van der Waals surface area contributed by atoms with E-state index in [0.29, 0.717) is 35.0 Å². The minimum Gasteiger partial charge on any atom is -0.493 e. The molecular formula is C24H27NO5. The number of aliphatic hydroxyl groups is 2. The molecule has 1 aliphatic carbocycles. The van der Waals surface area contributed by atoms with E-state index in [1.165, 1.54) is 4.90 Å². The topological polar surface area (TPSA) is 87.1 Å². The highest BCUT2D eigenvalue weighted by atomic mass is 16.5. The fourth-order valence-electron chi connectivity index (χ4n) is 4.20. The second-order valence-corrected chi connectivity index (χ2v) is 8.17. The van der Waals surface area contributed by atoms with Crippen molar-refractivity contribution < 1.29 is 24.5 Å². The van der Waals surface area contributed by atoms with Crippen molar-refractivity contribution in [3.05, 3.63) is 65.2 Å². The van der Waals surface area contributed by atoms with Crippen molar-refractivity contribution in [3.8, 4) is 5.75 Å². The van der Waals surface area contributed by atoms with Gasteiger partial charge in [-0.25, -0.2) is 0 Å². The average molecular weight is 409 g/mol. The summed E-state index contributed by atoms with van der Waals surface area (Å²) in [6.07, 6.45) is 2.85. The van der Waals surface area contributed by atoms with Crippen molar-refractivity contribution >= 4 is 11.8 Å². The van der Waals surface area contributed by atoms with Crippen LogP contribution in [0.1, 0.15) is 64.5 Å². The molecule has 2 aromatic rings. The maximum atomic E-state index is 12.5. The van der Waals surface area contributed by atoms with Crippen LogP contribution in [0.15, 0.2) is 48.5 Å². The number of imide groups is 1. The molecule has 2 aromatic carbocycles. The van der Waals surface area contributed by atoms with Crippen molar-refractivity contribution in [1.82, 2.24) is 4.90 Å². The van der Waals surface area contributed by atoms with Gasteiger partial charge in [-0.3, -0.25) is 14.5 Å². The van der Waals surface area contributed by atoms with E-state index in [-0.39, 0.29) is 30.9 Å². The Morgan fingerprint density at radius 1 is 0.967 bits per heavy atom. The summed E-state index contributed by atoms with van der Waals surface area (Å²) in [5.41, 5.74) is 1.54. The number of ether oxygens (including phenoxy) is 1. The molecule has 1 aliphatic heterocycles. The molecule has 0 spiro atoms. The van der Waals surface area contributed by atoms with Crippen LogP contribution in [0.4, 0.5) is 0 Å². The fourth-order valence-corrected chi connectivity index (χ4v) is 4.20. The lowest BCUT2D eigenvalue weighted by Crippen LogP contribution is -2.31.